The van der Waals surface area contributed by atoms with Crippen LogP contribution < -0.4 is 15.4 Å². The van der Waals surface area contributed by atoms with Crippen molar-refractivity contribution >= 4 is 23.1 Å². The molecule has 5 heteroatoms. The minimum Gasteiger partial charge on any atom is -0.491 e. The van der Waals surface area contributed by atoms with E-state index in [1.807, 2.05) is 81.4 Å². The van der Waals surface area contributed by atoms with E-state index < -0.39 is 0 Å². The average Bonchev–Trinajstić information content (AvgIpc) is 2.56. The minimum atomic E-state index is 0.162. The molecule has 5 nitrogen and oxygen atoms in total. The van der Waals surface area contributed by atoms with E-state index in [1.54, 1.807) is 0 Å². The highest BCUT2D eigenvalue weighted by atomic mass is 16.5. The standard InChI is InChI=1S/C20H22N4O/c1-14(2)25-18-11-9-17(10-12-18)22-19-13-15(3)21-20(24-19)23-16-7-5-4-6-8-16/h4-14H,1-3H3,(H2,21,22,23,24). The van der Waals surface area contributed by atoms with Gasteiger partial charge in [-0.05, 0) is 57.2 Å². The number of aromatic nitrogens is 2. The van der Waals surface area contributed by atoms with Gasteiger partial charge < -0.3 is 15.4 Å². The van der Waals surface area contributed by atoms with Crippen molar-refractivity contribution in [1.29, 1.82) is 0 Å². The molecular formula is C20H22N4O. The number of para-hydroxylation sites is 1. The zero-order chi connectivity index (χ0) is 17.6. The fourth-order valence-electron chi connectivity index (χ4n) is 2.38. The quantitative estimate of drug-likeness (QED) is 0.660. The largest absolute Gasteiger partial charge is 0.491 e. The van der Waals surface area contributed by atoms with Crippen molar-refractivity contribution in [2.24, 2.45) is 0 Å². The fraction of sp³-hybridized carbons (Fsp3) is 0.200. The molecule has 0 radical (unpaired) electrons. The van der Waals surface area contributed by atoms with E-state index in [9.17, 15) is 0 Å². The predicted molar refractivity (Wildman–Crippen MR) is 102 cm³/mol. The van der Waals surface area contributed by atoms with E-state index in [2.05, 4.69) is 20.6 Å². The first-order chi connectivity index (χ1) is 12.1. The van der Waals surface area contributed by atoms with Crippen LogP contribution in [0, 0.1) is 6.92 Å². The highest BCUT2D eigenvalue weighted by molar-refractivity contribution is 5.60. The molecule has 2 aromatic carbocycles. The molecule has 0 amide bonds. The van der Waals surface area contributed by atoms with Gasteiger partial charge in [-0.3, -0.25) is 0 Å². The van der Waals surface area contributed by atoms with Crippen LogP contribution in [0.5, 0.6) is 5.75 Å². The summed E-state index contributed by atoms with van der Waals surface area (Å²) in [4.78, 5) is 8.97. The SMILES string of the molecule is Cc1cc(Nc2ccc(OC(C)C)cc2)nc(Nc2ccccc2)n1. The Morgan fingerprint density at radius 1 is 0.840 bits per heavy atom. The number of rotatable bonds is 6. The van der Waals surface area contributed by atoms with Crippen molar-refractivity contribution in [3.05, 3.63) is 66.4 Å². The summed E-state index contributed by atoms with van der Waals surface area (Å²) in [5.74, 6) is 2.16. The normalized spacial score (nSPS) is 10.6. The fourth-order valence-corrected chi connectivity index (χ4v) is 2.38. The molecule has 0 unspecified atom stereocenters. The lowest BCUT2D eigenvalue weighted by Crippen LogP contribution is -2.05. The van der Waals surface area contributed by atoms with Gasteiger partial charge in [0.25, 0.3) is 0 Å². The molecule has 25 heavy (non-hydrogen) atoms. The Bertz CT molecular complexity index is 817. The molecule has 0 aliphatic rings. The molecule has 0 saturated heterocycles. The van der Waals surface area contributed by atoms with Crippen molar-refractivity contribution in [3.8, 4) is 5.75 Å². The van der Waals surface area contributed by atoms with Gasteiger partial charge in [0.05, 0.1) is 6.10 Å². The summed E-state index contributed by atoms with van der Waals surface area (Å²) in [6, 6.07) is 19.6. The molecule has 0 spiro atoms. The first kappa shape index (κ1) is 16.8. The predicted octanol–water partition coefficient (Wildman–Crippen LogP) is 5.06. The molecule has 3 aromatic rings. The number of nitrogens with one attached hydrogen (secondary N) is 2. The molecule has 128 valence electrons. The monoisotopic (exact) mass is 334 g/mol. The summed E-state index contributed by atoms with van der Waals surface area (Å²) in [5, 5.41) is 6.52. The van der Waals surface area contributed by atoms with E-state index in [0.29, 0.717) is 5.95 Å². The van der Waals surface area contributed by atoms with Crippen LogP contribution in [-0.4, -0.2) is 16.1 Å². The Morgan fingerprint density at radius 3 is 2.20 bits per heavy atom. The van der Waals surface area contributed by atoms with Crippen molar-refractivity contribution < 1.29 is 4.74 Å². The first-order valence-corrected chi connectivity index (χ1v) is 8.30. The second-order valence-electron chi connectivity index (χ2n) is 6.03. The van der Waals surface area contributed by atoms with E-state index in [4.69, 9.17) is 4.74 Å². The van der Waals surface area contributed by atoms with Gasteiger partial charge >= 0.3 is 0 Å². The lowest BCUT2D eigenvalue weighted by molar-refractivity contribution is 0.242. The van der Waals surface area contributed by atoms with E-state index in [1.165, 1.54) is 0 Å². The van der Waals surface area contributed by atoms with Crippen LogP contribution in [0.3, 0.4) is 0 Å². The lowest BCUT2D eigenvalue weighted by atomic mass is 10.3. The van der Waals surface area contributed by atoms with Gasteiger partial charge in [0.1, 0.15) is 11.6 Å². The van der Waals surface area contributed by atoms with Crippen molar-refractivity contribution in [2.75, 3.05) is 10.6 Å². The van der Waals surface area contributed by atoms with E-state index in [-0.39, 0.29) is 6.10 Å². The van der Waals surface area contributed by atoms with Gasteiger partial charge in [-0.1, -0.05) is 18.2 Å². The number of anilines is 4. The number of aryl methyl sites for hydroxylation is 1. The molecule has 3 rings (SSSR count). The second kappa shape index (κ2) is 7.66. The number of benzene rings is 2. The van der Waals surface area contributed by atoms with Crippen molar-refractivity contribution in [3.63, 3.8) is 0 Å². The van der Waals surface area contributed by atoms with Crippen LogP contribution in [0.1, 0.15) is 19.5 Å². The third kappa shape index (κ3) is 4.94. The summed E-state index contributed by atoms with van der Waals surface area (Å²) in [6.07, 6.45) is 0.162. The van der Waals surface area contributed by atoms with Gasteiger partial charge in [0.2, 0.25) is 5.95 Å². The van der Waals surface area contributed by atoms with Crippen molar-refractivity contribution in [1.82, 2.24) is 9.97 Å². The Morgan fingerprint density at radius 2 is 1.52 bits per heavy atom. The Kier molecular flexibility index (Phi) is 5.14. The summed E-state index contributed by atoms with van der Waals surface area (Å²) in [6.45, 7) is 5.97. The number of ether oxygens (including phenoxy) is 1. The lowest BCUT2D eigenvalue weighted by Gasteiger charge is -2.12. The average molecular weight is 334 g/mol. The van der Waals surface area contributed by atoms with Crippen molar-refractivity contribution in [2.45, 2.75) is 26.9 Å². The van der Waals surface area contributed by atoms with Crippen LogP contribution in [0.2, 0.25) is 0 Å². The van der Waals surface area contributed by atoms with E-state index in [0.717, 1.165) is 28.6 Å². The summed E-state index contributed by atoms with van der Waals surface area (Å²) in [5.41, 5.74) is 2.78. The highest BCUT2D eigenvalue weighted by Gasteiger charge is 2.04. The Balaban J connectivity index is 1.74. The molecular weight excluding hydrogens is 312 g/mol. The van der Waals surface area contributed by atoms with Gasteiger partial charge in [0.15, 0.2) is 0 Å². The van der Waals surface area contributed by atoms with Gasteiger partial charge in [-0.25, -0.2) is 4.98 Å². The molecule has 0 aliphatic carbocycles. The first-order valence-electron chi connectivity index (χ1n) is 8.30. The van der Waals surface area contributed by atoms with Crippen LogP contribution in [-0.2, 0) is 0 Å². The number of hydrogen-bond acceptors (Lipinski definition) is 5. The Labute approximate surface area is 148 Å². The molecule has 0 aliphatic heterocycles. The van der Waals surface area contributed by atoms with E-state index >= 15 is 0 Å². The van der Waals surface area contributed by atoms with Gasteiger partial charge in [0, 0.05) is 23.1 Å². The van der Waals surface area contributed by atoms with Crippen LogP contribution in [0.25, 0.3) is 0 Å². The van der Waals surface area contributed by atoms with Crippen LogP contribution in [0.15, 0.2) is 60.7 Å². The maximum Gasteiger partial charge on any atom is 0.229 e. The van der Waals surface area contributed by atoms with Crippen LogP contribution in [0.4, 0.5) is 23.1 Å². The molecule has 2 N–H and O–H groups in total. The molecule has 1 aromatic heterocycles. The topological polar surface area (TPSA) is 59.1 Å². The minimum absolute atomic E-state index is 0.162. The maximum atomic E-state index is 5.66. The Hall–Kier alpha value is -3.08. The number of nitrogens with zero attached hydrogens (tertiary/aromatic N) is 2. The molecule has 1 heterocycles. The molecule has 0 atom stereocenters. The summed E-state index contributed by atoms with van der Waals surface area (Å²) < 4.78 is 5.66. The molecule has 0 saturated carbocycles. The second-order valence-corrected chi connectivity index (χ2v) is 6.03. The smallest absolute Gasteiger partial charge is 0.229 e. The van der Waals surface area contributed by atoms with Gasteiger partial charge in [-0.15, -0.1) is 0 Å². The van der Waals surface area contributed by atoms with Gasteiger partial charge in [-0.2, -0.15) is 4.98 Å². The zero-order valence-corrected chi connectivity index (χ0v) is 14.7. The highest BCUT2D eigenvalue weighted by Crippen LogP contribution is 2.21. The van der Waals surface area contributed by atoms with Crippen LogP contribution >= 0.6 is 0 Å². The summed E-state index contributed by atoms with van der Waals surface area (Å²) >= 11 is 0. The third-order valence-corrected chi connectivity index (χ3v) is 3.38. The zero-order valence-electron chi connectivity index (χ0n) is 14.7. The number of hydrogen-bond donors (Lipinski definition) is 2. The third-order valence-electron chi connectivity index (χ3n) is 3.38. The maximum absolute atomic E-state index is 5.66. The summed E-state index contributed by atoms with van der Waals surface area (Å²) in [7, 11) is 0. The molecule has 0 fully saturated rings. The molecule has 0 bridgehead atoms.